The Kier molecular flexibility index (Phi) is 3.92. The van der Waals surface area contributed by atoms with Crippen molar-refractivity contribution in [3.05, 3.63) is 35.4 Å². The second-order valence-electron chi connectivity index (χ2n) is 3.22. The van der Waals surface area contributed by atoms with E-state index < -0.39 is 0 Å². The van der Waals surface area contributed by atoms with Crippen LogP contribution in [0.4, 0.5) is 5.69 Å². The molecule has 0 saturated heterocycles. The molecule has 0 aliphatic heterocycles. The normalized spacial score (nSPS) is 11.2. The lowest BCUT2D eigenvalue weighted by molar-refractivity contribution is -0.138. The topological polar surface area (TPSA) is 52.3 Å². The van der Waals surface area contributed by atoms with Crippen LogP contribution >= 0.6 is 0 Å². The fourth-order valence-corrected chi connectivity index (χ4v) is 1.20. The monoisotopic (exact) mass is 205 g/mol. The number of ether oxygens (including phenoxy) is 1. The average Bonchev–Trinajstić information content (AvgIpc) is 2.18. The van der Waals surface area contributed by atoms with Crippen LogP contribution in [0.25, 0.3) is 6.08 Å². The number of anilines is 1. The molecule has 0 heterocycles. The molecule has 0 aromatic heterocycles. The summed E-state index contributed by atoms with van der Waals surface area (Å²) >= 11 is 0. The van der Waals surface area contributed by atoms with E-state index in [4.69, 9.17) is 10.5 Å². The Morgan fingerprint density at radius 3 is 2.87 bits per heavy atom. The van der Waals surface area contributed by atoms with Gasteiger partial charge in [0.05, 0.1) is 6.61 Å². The molecule has 80 valence electrons. The number of rotatable bonds is 3. The van der Waals surface area contributed by atoms with Gasteiger partial charge in [-0.2, -0.15) is 0 Å². The molecule has 1 rings (SSSR count). The standard InChI is InChI=1S/C12H15NO2/c1-3-15-12(14)9(2)7-10-5-4-6-11(13)8-10/h4-8H,3,13H2,1-2H3. The van der Waals surface area contributed by atoms with Crippen molar-refractivity contribution in [1.29, 1.82) is 0 Å². The predicted octanol–water partition coefficient (Wildman–Crippen LogP) is 2.24. The van der Waals surface area contributed by atoms with E-state index in [1.165, 1.54) is 0 Å². The number of benzene rings is 1. The molecule has 1 aromatic carbocycles. The molecule has 0 spiro atoms. The number of hydrogen-bond acceptors (Lipinski definition) is 3. The van der Waals surface area contributed by atoms with E-state index in [9.17, 15) is 4.79 Å². The number of carbonyl (C=O) groups is 1. The third-order valence-electron chi connectivity index (χ3n) is 1.89. The average molecular weight is 205 g/mol. The molecule has 1 aromatic rings. The first-order valence-corrected chi connectivity index (χ1v) is 4.84. The number of nitrogens with two attached hydrogens (primary N) is 1. The molecule has 0 fully saturated rings. The first kappa shape index (κ1) is 11.3. The number of carbonyl (C=O) groups excluding carboxylic acids is 1. The fourth-order valence-electron chi connectivity index (χ4n) is 1.20. The first-order chi connectivity index (χ1) is 7.13. The van der Waals surface area contributed by atoms with E-state index in [0.29, 0.717) is 17.9 Å². The van der Waals surface area contributed by atoms with Gasteiger partial charge in [-0.25, -0.2) is 4.79 Å². The molecule has 0 amide bonds. The number of esters is 1. The SMILES string of the molecule is CCOC(=O)C(C)=Cc1cccc(N)c1. The zero-order valence-electron chi connectivity index (χ0n) is 8.99. The van der Waals surface area contributed by atoms with Crippen LogP contribution in [-0.2, 0) is 9.53 Å². The first-order valence-electron chi connectivity index (χ1n) is 4.84. The van der Waals surface area contributed by atoms with Gasteiger partial charge in [-0.1, -0.05) is 12.1 Å². The third kappa shape index (κ3) is 3.46. The molecule has 2 N–H and O–H groups in total. The highest BCUT2D eigenvalue weighted by molar-refractivity contribution is 5.93. The van der Waals surface area contributed by atoms with Crippen molar-refractivity contribution in [2.24, 2.45) is 0 Å². The molecule has 0 radical (unpaired) electrons. The molecule has 15 heavy (non-hydrogen) atoms. The largest absolute Gasteiger partial charge is 0.463 e. The van der Waals surface area contributed by atoms with Gasteiger partial charge in [0.25, 0.3) is 0 Å². The Hall–Kier alpha value is -1.77. The van der Waals surface area contributed by atoms with E-state index in [0.717, 1.165) is 5.56 Å². The number of hydrogen-bond donors (Lipinski definition) is 1. The lowest BCUT2D eigenvalue weighted by atomic mass is 10.1. The van der Waals surface area contributed by atoms with Crippen molar-refractivity contribution in [2.75, 3.05) is 12.3 Å². The summed E-state index contributed by atoms with van der Waals surface area (Å²) in [6.45, 7) is 3.90. The minimum absolute atomic E-state index is 0.292. The molecule has 0 atom stereocenters. The lowest BCUT2D eigenvalue weighted by Crippen LogP contribution is -2.04. The van der Waals surface area contributed by atoms with Crippen LogP contribution in [0.5, 0.6) is 0 Å². The van der Waals surface area contributed by atoms with Gasteiger partial charge in [-0.05, 0) is 37.6 Å². The molecular formula is C12H15NO2. The van der Waals surface area contributed by atoms with E-state index in [2.05, 4.69) is 0 Å². The summed E-state index contributed by atoms with van der Waals surface area (Å²) < 4.78 is 4.87. The Labute approximate surface area is 89.5 Å². The summed E-state index contributed by atoms with van der Waals surface area (Å²) in [6, 6.07) is 7.35. The van der Waals surface area contributed by atoms with E-state index >= 15 is 0 Å². The van der Waals surface area contributed by atoms with Crippen molar-refractivity contribution >= 4 is 17.7 Å². The van der Waals surface area contributed by atoms with Crippen LogP contribution in [0.1, 0.15) is 19.4 Å². The summed E-state index contributed by atoms with van der Waals surface area (Å²) in [5.41, 5.74) is 7.78. The highest BCUT2D eigenvalue weighted by Crippen LogP contribution is 2.11. The predicted molar refractivity (Wildman–Crippen MR) is 61.1 cm³/mol. The van der Waals surface area contributed by atoms with E-state index in [-0.39, 0.29) is 5.97 Å². The molecule has 0 unspecified atom stereocenters. The second-order valence-corrected chi connectivity index (χ2v) is 3.22. The summed E-state index contributed by atoms with van der Waals surface area (Å²) in [6.07, 6.45) is 1.76. The summed E-state index contributed by atoms with van der Waals surface area (Å²) in [7, 11) is 0. The van der Waals surface area contributed by atoms with Crippen molar-refractivity contribution < 1.29 is 9.53 Å². The maximum absolute atomic E-state index is 11.3. The van der Waals surface area contributed by atoms with E-state index in [1.54, 1.807) is 26.0 Å². The van der Waals surface area contributed by atoms with Gasteiger partial charge in [-0.15, -0.1) is 0 Å². The minimum atomic E-state index is -0.292. The van der Waals surface area contributed by atoms with Crippen molar-refractivity contribution in [2.45, 2.75) is 13.8 Å². The Morgan fingerprint density at radius 1 is 1.53 bits per heavy atom. The van der Waals surface area contributed by atoms with Crippen molar-refractivity contribution in [1.82, 2.24) is 0 Å². The van der Waals surface area contributed by atoms with E-state index in [1.807, 2.05) is 18.2 Å². The van der Waals surface area contributed by atoms with Crippen LogP contribution in [0.15, 0.2) is 29.8 Å². The molecule has 0 aliphatic rings. The van der Waals surface area contributed by atoms with Gasteiger partial charge in [-0.3, -0.25) is 0 Å². The second kappa shape index (κ2) is 5.20. The maximum Gasteiger partial charge on any atom is 0.333 e. The van der Waals surface area contributed by atoms with Gasteiger partial charge in [0.1, 0.15) is 0 Å². The van der Waals surface area contributed by atoms with Gasteiger partial charge in [0.2, 0.25) is 0 Å². The smallest absolute Gasteiger partial charge is 0.333 e. The summed E-state index contributed by atoms with van der Waals surface area (Å²) in [4.78, 5) is 11.3. The van der Waals surface area contributed by atoms with Crippen molar-refractivity contribution in [3.8, 4) is 0 Å². The van der Waals surface area contributed by atoms with Crippen LogP contribution in [0, 0.1) is 0 Å². The van der Waals surface area contributed by atoms with Gasteiger partial charge in [0.15, 0.2) is 0 Å². The quantitative estimate of drug-likeness (QED) is 0.467. The lowest BCUT2D eigenvalue weighted by Gasteiger charge is -2.02. The van der Waals surface area contributed by atoms with Crippen LogP contribution in [0.3, 0.4) is 0 Å². The molecule has 0 saturated carbocycles. The highest BCUT2D eigenvalue weighted by Gasteiger charge is 2.03. The summed E-state index contributed by atoms with van der Waals surface area (Å²) in [5, 5.41) is 0. The molecular weight excluding hydrogens is 190 g/mol. The Balaban J connectivity index is 2.82. The minimum Gasteiger partial charge on any atom is -0.463 e. The van der Waals surface area contributed by atoms with Gasteiger partial charge >= 0.3 is 5.97 Å². The zero-order chi connectivity index (χ0) is 11.3. The van der Waals surface area contributed by atoms with Crippen LogP contribution in [-0.4, -0.2) is 12.6 Å². The Bertz CT molecular complexity index is 383. The molecule has 0 bridgehead atoms. The molecule has 3 nitrogen and oxygen atoms in total. The van der Waals surface area contributed by atoms with Crippen LogP contribution in [0.2, 0.25) is 0 Å². The molecule has 3 heteroatoms. The zero-order valence-corrected chi connectivity index (χ0v) is 8.99. The summed E-state index contributed by atoms with van der Waals surface area (Å²) in [5.74, 6) is -0.292. The molecule has 0 aliphatic carbocycles. The fraction of sp³-hybridized carbons (Fsp3) is 0.250. The van der Waals surface area contributed by atoms with Crippen LogP contribution < -0.4 is 5.73 Å². The third-order valence-corrected chi connectivity index (χ3v) is 1.89. The van der Waals surface area contributed by atoms with Crippen molar-refractivity contribution in [3.63, 3.8) is 0 Å². The Morgan fingerprint density at radius 2 is 2.27 bits per heavy atom. The highest BCUT2D eigenvalue weighted by atomic mass is 16.5. The van der Waals surface area contributed by atoms with Gasteiger partial charge in [0, 0.05) is 11.3 Å². The number of nitrogen functional groups attached to an aromatic ring is 1. The maximum atomic E-state index is 11.3. The van der Waals surface area contributed by atoms with Gasteiger partial charge < -0.3 is 10.5 Å².